The molecule has 0 aromatic heterocycles. The number of carbonyl (C=O) groups is 4. The number of carboxylic acids is 4. The largest absolute Gasteiger partial charge is 0.473 e. The number of hydrogen-bond acceptors (Lipinski definition) is 6. The summed E-state index contributed by atoms with van der Waals surface area (Å²) in [4.78, 5) is 36.4. The number of anilines is 1. The zero-order valence-corrected chi connectivity index (χ0v) is 16.0. The van der Waals surface area contributed by atoms with Crippen molar-refractivity contribution in [3.63, 3.8) is 0 Å². The normalized spacial score (nSPS) is 14.7. The van der Waals surface area contributed by atoms with Crippen molar-refractivity contribution in [1.82, 2.24) is 5.32 Å². The van der Waals surface area contributed by atoms with Crippen molar-refractivity contribution < 1.29 is 39.6 Å². The van der Waals surface area contributed by atoms with Gasteiger partial charge in [0.25, 0.3) is 0 Å². The number of hydrogen-bond donors (Lipinski definition) is 6. The lowest BCUT2D eigenvalue weighted by atomic mass is 10.2. The van der Waals surface area contributed by atoms with E-state index in [1.165, 1.54) is 30.6 Å². The molecule has 0 saturated carbocycles. The van der Waals surface area contributed by atoms with Gasteiger partial charge < -0.3 is 31.1 Å². The van der Waals surface area contributed by atoms with Gasteiger partial charge in [-0.2, -0.15) is 0 Å². The summed E-state index contributed by atoms with van der Waals surface area (Å²) in [7, 11) is 0. The van der Waals surface area contributed by atoms with E-state index in [9.17, 15) is 0 Å². The number of aryl methyl sites for hydroxylation is 1. The van der Waals surface area contributed by atoms with Crippen molar-refractivity contribution in [1.29, 1.82) is 0 Å². The van der Waals surface area contributed by atoms with Crippen LogP contribution < -0.4 is 10.6 Å². The first-order chi connectivity index (χ1) is 12.5. The summed E-state index contributed by atoms with van der Waals surface area (Å²) in [6.07, 6.45) is 2.60. The summed E-state index contributed by atoms with van der Waals surface area (Å²) in [5.41, 5.74) is 2.47. The Morgan fingerprint density at radius 3 is 1.96 bits per heavy atom. The molecule has 1 saturated heterocycles. The minimum absolute atomic E-state index is 0.637. The van der Waals surface area contributed by atoms with Crippen molar-refractivity contribution in [2.24, 2.45) is 0 Å². The zero-order chi connectivity index (χ0) is 21.0. The van der Waals surface area contributed by atoms with Crippen molar-refractivity contribution in [2.45, 2.75) is 25.8 Å². The van der Waals surface area contributed by atoms with Gasteiger partial charge in [-0.3, -0.25) is 0 Å². The second kappa shape index (κ2) is 12.7. The molecule has 0 amide bonds. The summed E-state index contributed by atoms with van der Waals surface area (Å²) in [6.45, 7) is 4.29. The molecule has 1 aromatic carbocycles. The van der Waals surface area contributed by atoms with Crippen LogP contribution in [0.25, 0.3) is 0 Å². The Kier molecular flexibility index (Phi) is 11.4. The monoisotopic (exact) mass is 448 g/mol. The van der Waals surface area contributed by atoms with Crippen LogP contribution in [0.5, 0.6) is 0 Å². The molecule has 2 rings (SSSR count). The number of carboxylic acid groups (broad SMARTS) is 4. The second-order valence-electron chi connectivity index (χ2n) is 5.38. The maximum Gasteiger partial charge on any atom is 0.414 e. The van der Waals surface area contributed by atoms with Crippen LogP contribution in [0, 0.1) is 6.92 Å². The van der Waals surface area contributed by atoms with Crippen molar-refractivity contribution in [3.05, 3.63) is 28.2 Å². The topological polar surface area (TPSA) is 173 Å². The first-order valence-corrected chi connectivity index (χ1v) is 8.49. The van der Waals surface area contributed by atoms with Gasteiger partial charge in [-0.05, 0) is 59.9 Å². The number of rotatable bonds is 3. The van der Waals surface area contributed by atoms with Gasteiger partial charge in [0.1, 0.15) is 0 Å². The first kappa shape index (κ1) is 24.3. The molecule has 1 aliphatic heterocycles. The molecule has 6 N–H and O–H groups in total. The Morgan fingerprint density at radius 1 is 1.07 bits per heavy atom. The third kappa shape index (κ3) is 11.5. The van der Waals surface area contributed by atoms with E-state index < -0.39 is 23.9 Å². The molecule has 11 heteroatoms. The molecule has 1 aromatic rings. The molecule has 1 heterocycles. The molecule has 0 bridgehead atoms. The second-order valence-corrected chi connectivity index (χ2v) is 6.23. The quantitative estimate of drug-likeness (QED) is 0.369. The highest BCUT2D eigenvalue weighted by atomic mass is 79.9. The number of nitrogens with one attached hydrogen (secondary N) is 2. The van der Waals surface area contributed by atoms with Crippen LogP contribution in [0.15, 0.2) is 22.7 Å². The standard InChI is InChI=1S/C12H17BrN2.2C2H2O4/c1-9-4-5-12(11(13)7-9)15-8-10-3-2-6-14-10;2*3-1(4)2(5)6/h4-5,7,10,14-15H,2-3,6,8H2,1H3;2*(H,3,4)(H,5,6). The predicted molar refractivity (Wildman–Crippen MR) is 98.9 cm³/mol. The molecule has 0 aliphatic carbocycles. The predicted octanol–water partition coefficient (Wildman–Crippen LogP) is 1.23. The fourth-order valence-corrected chi connectivity index (χ4v) is 2.56. The Balaban J connectivity index is 0.000000470. The van der Waals surface area contributed by atoms with E-state index in [1.54, 1.807) is 0 Å². The molecule has 1 aliphatic rings. The molecule has 0 spiro atoms. The highest BCUT2D eigenvalue weighted by Gasteiger charge is 2.13. The Bertz CT molecular complexity index is 626. The molecule has 1 atom stereocenters. The molecule has 10 nitrogen and oxygen atoms in total. The van der Waals surface area contributed by atoms with E-state index in [1.807, 2.05) is 0 Å². The SMILES string of the molecule is Cc1ccc(NCC2CCCN2)c(Br)c1.O=C(O)C(=O)O.O=C(O)C(=O)O. The summed E-state index contributed by atoms with van der Waals surface area (Å²) in [6, 6.07) is 7.05. The van der Waals surface area contributed by atoms with Gasteiger partial charge in [0, 0.05) is 22.7 Å². The molecule has 0 radical (unpaired) electrons. The average molecular weight is 449 g/mol. The van der Waals surface area contributed by atoms with E-state index >= 15 is 0 Å². The fraction of sp³-hybridized carbons (Fsp3) is 0.375. The Morgan fingerprint density at radius 2 is 1.59 bits per heavy atom. The molecular formula is C16H21BrN2O8. The Hall–Kier alpha value is -2.66. The number of benzene rings is 1. The first-order valence-electron chi connectivity index (χ1n) is 7.70. The van der Waals surface area contributed by atoms with Crippen molar-refractivity contribution in [3.8, 4) is 0 Å². The van der Waals surface area contributed by atoms with Crippen LogP contribution in [-0.4, -0.2) is 63.4 Å². The van der Waals surface area contributed by atoms with Gasteiger partial charge in [-0.1, -0.05) is 6.07 Å². The van der Waals surface area contributed by atoms with E-state index in [0.717, 1.165) is 11.0 Å². The smallest absolute Gasteiger partial charge is 0.414 e. The van der Waals surface area contributed by atoms with E-state index in [4.69, 9.17) is 39.6 Å². The van der Waals surface area contributed by atoms with Gasteiger partial charge >= 0.3 is 23.9 Å². The molecule has 27 heavy (non-hydrogen) atoms. The van der Waals surface area contributed by atoms with Crippen LogP contribution >= 0.6 is 15.9 Å². The van der Waals surface area contributed by atoms with E-state index in [0.29, 0.717) is 6.04 Å². The lowest BCUT2D eigenvalue weighted by Crippen LogP contribution is -2.29. The highest BCUT2D eigenvalue weighted by Crippen LogP contribution is 2.23. The average Bonchev–Trinajstić information content (AvgIpc) is 3.08. The molecule has 1 unspecified atom stereocenters. The van der Waals surface area contributed by atoms with Gasteiger partial charge in [-0.15, -0.1) is 0 Å². The van der Waals surface area contributed by atoms with Gasteiger partial charge in [0.2, 0.25) is 0 Å². The lowest BCUT2D eigenvalue weighted by molar-refractivity contribution is -0.159. The third-order valence-electron chi connectivity index (χ3n) is 3.19. The molecular weight excluding hydrogens is 428 g/mol. The minimum atomic E-state index is -1.82. The summed E-state index contributed by atoms with van der Waals surface area (Å²) in [5, 5.41) is 36.5. The van der Waals surface area contributed by atoms with Gasteiger partial charge in [0.05, 0.1) is 0 Å². The van der Waals surface area contributed by atoms with Crippen LogP contribution in [0.3, 0.4) is 0 Å². The highest BCUT2D eigenvalue weighted by molar-refractivity contribution is 9.10. The van der Waals surface area contributed by atoms with Gasteiger partial charge in [-0.25, -0.2) is 19.2 Å². The summed E-state index contributed by atoms with van der Waals surface area (Å²) < 4.78 is 1.15. The molecule has 1 fully saturated rings. The third-order valence-corrected chi connectivity index (χ3v) is 3.85. The van der Waals surface area contributed by atoms with Crippen LogP contribution in [-0.2, 0) is 19.2 Å². The van der Waals surface area contributed by atoms with Crippen LogP contribution in [0.4, 0.5) is 5.69 Å². The summed E-state index contributed by atoms with van der Waals surface area (Å²) in [5.74, 6) is -7.30. The minimum Gasteiger partial charge on any atom is -0.473 e. The fourth-order valence-electron chi connectivity index (χ4n) is 1.93. The van der Waals surface area contributed by atoms with Crippen LogP contribution in [0.2, 0.25) is 0 Å². The zero-order valence-electron chi connectivity index (χ0n) is 14.4. The lowest BCUT2D eigenvalue weighted by Gasteiger charge is -2.14. The van der Waals surface area contributed by atoms with Crippen LogP contribution in [0.1, 0.15) is 18.4 Å². The van der Waals surface area contributed by atoms with Crippen molar-refractivity contribution >= 4 is 45.5 Å². The van der Waals surface area contributed by atoms with E-state index in [-0.39, 0.29) is 0 Å². The number of aliphatic carboxylic acids is 4. The molecule has 150 valence electrons. The maximum atomic E-state index is 9.10. The van der Waals surface area contributed by atoms with Crippen molar-refractivity contribution in [2.75, 3.05) is 18.4 Å². The van der Waals surface area contributed by atoms with Gasteiger partial charge in [0.15, 0.2) is 0 Å². The van der Waals surface area contributed by atoms with E-state index in [2.05, 4.69) is 51.7 Å². The number of halogens is 1. The summed E-state index contributed by atoms with van der Waals surface area (Å²) >= 11 is 3.57. The maximum absolute atomic E-state index is 9.10. The Labute approximate surface area is 163 Å².